The highest BCUT2D eigenvalue weighted by atomic mass is 35.5. The van der Waals surface area contributed by atoms with Gasteiger partial charge in [0.05, 0.1) is 0 Å². The van der Waals surface area contributed by atoms with E-state index in [9.17, 15) is 14.4 Å². The molecule has 57 heavy (non-hydrogen) atoms. The number of ketones is 3. The van der Waals surface area contributed by atoms with E-state index in [-0.39, 0.29) is 36.6 Å². The molecule has 0 spiro atoms. The molecule has 3 nitrogen and oxygen atoms in total. The molecule has 0 aromatic heterocycles. The van der Waals surface area contributed by atoms with Crippen LogP contribution < -0.4 is 0 Å². The maximum Gasteiger partial charge on any atom is 0.132 e. The van der Waals surface area contributed by atoms with Gasteiger partial charge in [0.2, 0.25) is 0 Å². The monoisotopic (exact) mass is 937 g/mol. The first kappa shape index (κ1) is 78.3. The van der Waals surface area contributed by atoms with Crippen LogP contribution >= 0.6 is 69.6 Å². The van der Waals surface area contributed by atoms with Crippen LogP contribution in [0.2, 0.25) is 0 Å². The van der Waals surface area contributed by atoms with Crippen molar-refractivity contribution < 1.29 is 14.4 Å². The van der Waals surface area contributed by atoms with Crippen molar-refractivity contribution in [2.24, 2.45) is 0 Å². The normalized spacial score (nSPS) is 9.26. The fraction of sp³-hybridized carbons (Fsp3) is 0.938. The van der Waals surface area contributed by atoms with Gasteiger partial charge in [-0.05, 0) is 20.8 Å². The molecule has 0 saturated heterocycles. The van der Waals surface area contributed by atoms with Gasteiger partial charge >= 0.3 is 0 Å². The molecule has 0 aromatic rings. The number of hydrogen-bond donors (Lipinski definition) is 0. The van der Waals surface area contributed by atoms with E-state index in [2.05, 4.69) is 83.1 Å². The van der Waals surface area contributed by atoms with Crippen LogP contribution in [0.5, 0.6) is 0 Å². The van der Waals surface area contributed by atoms with Crippen molar-refractivity contribution in [3.05, 3.63) is 0 Å². The molecule has 354 valence electrons. The summed E-state index contributed by atoms with van der Waals surface area (Å²) >= 11 is 31.3. The summed E-state index contributed by atoms with van der Waals surface area (Å²) in [7, 11) is 0. The Morgan fingerprint density at radius 2 is 0.351 bits per heavy atom. The first-order valence-corrected chi connectivity index (χ1v) is 25.8. The Balaban J connectivity index is -0.0000000650. The van der Waals surface area contributed by atoms with Gasteiger partial charge in [-0.1, -0.05) is 237 Å². The summed E-state index contributed by atoms with van der Waals surface area (Å²) in [5, 5.41) is 0. The number of Topliss-reactive ketones (excluding diaryl/α,β-unsaturated/α-hetero) is 3. The Morgan fingerprint density at radius 3 is 0.368 bits per heavy atom. The molecule has 0 aliphatic heterocycles. The molecule has 0 heterocycles. The van der Waals surface area contributed by atoms with Crippen LogP contribution in [0.25, 0.3) is 0 Å². The average molecular weight is 940 g/mol. The SMILES string of the molecule is CC(=O)CC(Cl)Cl.CC(=O)CC(Cl)Cl.CC(=O)CC(Cl)Cl.CCCCCC.CCCCCC.CCCCCC.CCCCCC.CCCCCC.CCCCCC. The van der Waals surface area contributed by atoms with Crippen LogP contribution in [-0.2, 0) is 14.4 Å². The van der Waals surface area contributed by atoms with Gasteiger partial charge in [-0.15, -0.1) is 69.6 Å². The van der Waals surface area contributed by atoms with Crippen LogP contribution in [0.1, 0.15) is 277 Å². The zero-order valence-corrected chi connectivity index (χ0v) is 45.4. The Bertz CT molecular complexity index is 514. The van der Waals surface area contributed by atoms with Crippen molar-refractivity contribution in [1.29, 1.82) is 0 Å². The third-order valence-electron chi connectivity index (χ3n) is 7.07. The summed E-state index contributed by atoms with van der Waals surface area (Å²) < 4.78 is 0. The molecular formula is C48H102Cl6O3. The molecule has 0 aromatic carbocycles. The Labute approximate surface area is 390 Å². The summed E-state index contributed by atoms with van der Waals surface area (Å²) in [4.78, 5) is 28.7. The maximum absolute atomic E-state index is 10.1. The summed E-state index contributed by atoms with van der Waals surface area (Å²) in [5.74, 6) is 0.0694. The van der Waals surface area contributed by atoms with Gasteiger partial charge < -0.3 is 0 Å². The average Bonchev–Trinajstić information content (AvgIpc) is 3.13. The minimum atomic E-state index is -0.530. The summed E-state index contributed by atoms with van der Waals surface area (Å²) in [6.45, 7) is 31.2. The zero-order valence-electron chi connectivity index (χ0n) is 40.8. The van der Waals surface area contributed by atoms with Gasteiger partial charge in [-0.2, -0.15) is 0 Å². The molecular weight excluding hydrogens is 837 g/mol. The fourth-order valence-electron chi connectivity index (χ4n) is 3.65. The highest BCUT2D eigenvalue weighted by Crippen LogP contribution is 2.07. The van der Waals surface area contributed by atoms with Gasteiger partial charge in [-0.25, -0.2) is 0 Å². The molecule has 9 heteroatoms. The van der Waals surface area contributed by atoms with Crippen molar-refractivity contribution in [1.82, 2.24) is 0 Å². The number of hydrogen-bond acceptors (Lipinski definition) is 3. The zero-order chi connectivity index (χ0) is 46.6. The number of unbranched alkanes of at least 4 members (excludes halogenated alkanes) is 18. The predicted octanol–water partition coefficient (Wildman–Crippen LogP) is 20.8. The summed E-state index contributed by atoms with van der Waals surface area (Å²) in [5.41, 5.74) is 0. The molecule has 0 radical (unpaired) electrons. The van der Waals surface area contributed by atoms with Gasteiger partial charge in [-0.3, -0.25) is 14.4 Å². The first-order valence-electron chi connectivity index (χ1n) is 23.2. The Morgan fingerprint density at radius 1 is 0.263 bits per heavy atom. The maximum atomic E-state index is 10.1. The molecule has 0 rings (SSSR count). The van der Waals surface area contributed by atoms with Gasteiger partial charge in [0.25, 0.3) is 0 Å². The van der Waals surface area contributed by atoms with Crippen LogP contribution in [0.4, 0.5) is 0 Å². The number of halogens is 6. The molecule has 0 amide bonds. The molecule has 0 unspecified atom stereocenters. The summed E-state index contributed by atoms with van der Waals surface area (Å²) in [6, 6.07) is 0. The molecule has 0 N–H and O–H groups in total. The molecule has 0 aliphatic rings. The minimum absolute atomic E-state index is 0.0231. The number of rotatable bonds is 24. The number of carbonyl (C=O) groups is 3. The predicted molar refractivity (Wildman–Crippen MR) is 271 cm³/mol. The second kappa shape index (κ2) is 84.3. The van der Waals surface area contributed by atoms with Crippen molar-refractivity contribution in [2.75, 3.05) is 0 Å². The number of carbonyl (C=O) groups excluding carboxylic acids is 3. The molecule has 0 atom stereocenters. The Kier molecular flexibility index (Phi) is 116. The Hall–Kier alpha value is 0.750. The van der Waals surface area contributed by atoms with Gasteiger partial charge in [0.1, 0.15) is 31.9 Å². The number of alkyl halides is 6. The molecule has 0 saturated carbocycles. The van der Waals surface area contributed by atoms with Crippen LogP contribution in [-0.4, -0.2) is 31.9 Å². The van der Waals surface area contributed by atoms with E-state index in [0.29, 0.717) is 0 Å². The van der Waals surface area contributed by atoms with E-state index in [1.807, 2.05) is 0 Å². The smallest absolute Gasteiger partial charge is 0.132 e. The highest BCUT2D eigenvalue weighted by Gasteiger charge is 2.01. The molecule has 0 aliphatic carbocycles. The van der Waals surface area contributed by atoms with Crippen molar-refractivity contribution >= 4 is 87.0 Å². The lowest BCUT2D eigenvalue weighted by Gasteiger charge is -1.90. The second-order valence-electron chi connectivity index (χ2n) is 14.1. The minimum Gasteiger partial charge on any atom is -0.300 e. The third-order valence-corrected chi connectivity index (χ3v) is 7.99. The third kappa shape index (κ3) is 180. The van der Waals surface area contributed by atoms with Crippen molar-refractivity contribution in [3.63, 3.8) is 0 Å². The topological polar surface area (TPSA) is 51.2 Å². The highest BCUT2D eigenvalue weighted by molar-refractivity contribution is 6.45. The van der Waals surface area contributed by atoms with E-state index < -0.39 is 14.5 Å². The van der Waals surface area contributed by atoms with Gasteiger partial charge in [0, 0.05) is 19.3 Å². The van der Waals surface area contributed by atoms with E-state index in [1.54, 1.807) is 0 Å². The van der Waals surface area contributed by atoms with E-state index in [0.717, 1.165) is 0 Å². The van der Waals surface area contributed by atoms with Crippen LogP contribution in [0.3, 0.4) is 0 Å². The van der Waals surface area contributed by atoms with Crippen LogP contribution in [0, 0.1) is 0 Å². The van der Waals surface area contributed by atoms with Crippen molar-refractivity contribution in [2.45, 2.75) is 292 Å². The lowest BCUT2D eigenvalue weighted by molar-refractivity contribution is -0.117. The standard InChI is InChI=1S/6C6H14.3C4H6Cl2O/c6*1-3-5-6-4-2;3*1-3(7)2-4(5)6/h6*3-6H2,1-2H3;3*4H,2H2,1H3. The van der Waals surface area contributed by atoms with E-state index in [4.69, 9.17) is 69.6 Å². The molecule has 0 bridgehead atoms. The summed E-state index contributed by atoms with van der Waals surface area (Å²) in [6.07, 6.45) is 34.0. The lowest BCUT2D eigenvalue weighted by Crippen LogP contribution is -1.95. The van der Waals surface area contributed by atoms with Crippen LogP contribution in [0.15, 0.2) is 0 Å². The van der Waals surface area contributed by atoms with Gasteiger partial charge in [0.15, 0.2) is 0 Å². The van der Waals surface area contributed by atoms with E-state index >= 15 is 0 Å². The molecule has 0 fully saturated rings. The first-order chi connectivity index (χ1) is 26.9. The van der Waals surface area contributed by atoms with Crippen molar-refractivity contribution in [3.8, 4) is 0 Å². The van der Waals surface area contributed by atoms with E-state index in [1.165, 1.54) is 175 Å². The largest absolute Gasteiger partial charge is 0.300 e. The lowest BCUT2D eigenvalue weighted by atomic mass is 10.2. The fourth-order valence-corrected chi connectivity index (χ4v) is 4.96. The second-order valence-corrected chi connectivity index (χ2v) is 18.0. The quantitative estimate of drug-likeness (QED) is 0.0716.